The Hall–Kier alpha value is -3.22. The fourth-order valence-corrected chi connectivity index (χ4v) is 2.34. The Morgan fingerprint density at radius 3 is 2.19 bits per heavy atom. The monoisotopic (exact) mass is 357 g/mol. The first kappa shape index (κ1) is 19.1. The van der Waals surface area contributed by atoms with E-state index in [9.17, 15) is 18.8 Å². The summed E-state index contributed by atoms with van der Waals surface area (Å²) in [7, 11) is 0. The zero-order chi connectivity index (χ0) is 19.1. The zero-order valence-electron chi connectivity index (χ0n) is 14.4. The maximum Gasteiger partial charge on any atom is 0.258 e. The summed E-state index contributed by atoms with van der Waals surface area (Å²) in [5, 5.41) is 2.68. The first-order chi connectivity index (χ1) is 12.4. The van der Waals surface area contributed by atoms with Crippen LogP contribution in [-0.2, 0) is 16.1 Å². The lowest BCUT2D eigenvalue weighted by Gasteiger charge is -2.22. The first-order valence-corrected chi connectivity index (χ1v) is 8.06. The van der Waals surface area contributed by atoms with Crippen LogP contribution in [0.15, 0.2) is 48.5 Å². The van der Waals surface area contributed by atoms with Crippen LogP contribution in [0.25, 0.3) is 0 Å². The second kappa shape index (κ2) is 8.75. The molecule has 3 amide bonds. The number of primary amides is 1. The number of nitrogens with zero attached hydrogens (tertiary/aromatic N) is 1. The van der Waals surface area contributed by atoms with Gasteiger partial charge >= 0.3 is 0 Å². The number of anilines is 1. The van der Waals surface area contributed by atoms with Crippen molar-refractivity contribution in [3.63, 3.8) is 0 Å². The van der Waals surface area contributed by atoms with E-state index in [0.29, 0.717) is 17.8 Å². The number of benzene rings is 2. The molecule has 136 valence electrons. The van der Waals surface area contributed by atoms with Crippen molar-refractivity contribution in [2.45, 2.75) is 19.9 Å². The van der Waals surface area contributed by atoms with Gasteiger partial charge in [0.1, 0.15) is 5.82 Å². The molecule has 0 aromatic heterocycles. The minimum Gasteiger partial charge on any atom is -0.370 e. The third-order valence-electron chi connectivity index (χ3n) is 3.71. The number of amides is 3. The number of nitrogens with one attached hydrogen (secondary N) is 1. The number of carbonyl (C=O) groups is 3. The van der Waals surface area contributed by atoms with E-state index in [4.69, 9.17) is 5.73 Å². The Morgan fingerprint density at radius 1 is 1.04 bits per heavy atom. The van der Waals surface area contributed by atoms with Crippen LogP contribution in [0.1, 0.15) is 29.3 Å². The predicted molar refractivity (Wildman–Crippen MR) is 95.9 cm³/mol. The second-order valence-electron chi connectivity index (χ2n) is 5.76. The molecular weight excluding hydrogens is 337 g/mol. The maximum absolute atomic E-state index is 13.2. The SMILES string of the molecule is CC(=O)NCc1ccc(C(=O)N(CCC(N)=O)c2ccc(F)cc2)cc1. The van der Waals surface area contributed by atoms with Crippen LogP contribution in [0.5, 0.6) is 0 Å². The average Bonchev–Trinajstić information content (AvgIpc) is 2.61. The van der Waals surface area contributed by atoms with Gasteiger partial charge in [-0.2, -0.15) is 0 Å². The molecule has 0 aliphatic rings. The van der Waals surface area contributed by atoms with E-state index in [1.807, 2.05) is 0 Å². The van der Waals surface area contributed by atoms with Crippen LogP contribution in [0, 0.1) is 5.82 Å². The summed E-state index contributed by atoms with van der Waals surface area (Å²) < 4.78 is 13.2. The van der Waals surface area contributed by atoms with Gasteiger partial charge < -0.3 is 16.0 Å². The van der Waals surface area contributed by atoms with Crippen LogP contribution in [0.3, 0.4) is 0 Å². The van der Waals surface area contributed by atoms with Gasteiger partial charge in [0.15, 0.2) is 0 Å². The van der Waals surface area contributed by atoms with E-state index in [2.05, 4.69) is 5.32 Å². The van der Waals surface area contributed by atoms with E-state index in [-0.39, 0.29) is 24.8 Å². The molecule has 3 N–H and O–H groups in total. The lowest BCUT2D eigenvalue weighted by molar-refractivity contribution is -0.119. The molecule has 0 fully saturated rings. The molecule has 0 saturated carbocycles. The third kappa shape index (κ3) is 5.41. The predicted octanol–water partition coefficient (Wildman–Crippen LogP) is 1.98. The quantitative estimate of drug-likeness (QED) is 0.794. The normalized spacial score (nSPS) is 10.2. The van der Waals surface area contributed by atoms with Crippen molar-refractivity contribution in [2.75, 3.05) is 11.4 Å². The Bertz CT molecular complexity index is 789. The Labute approximate surface area is 150 Å². The van der Waals surface area contributed by atoms with Crippen molar-refractivity contribution in [3.05, 3.63) is 65.5 Å². The van der Waals surface area contributed by atoms with Gasteiger partial charge in [0.25, 0.3) is 5.91 Å². The largest absolute Gasteiger partial charge is 0.370 e. The molecule has 2 rings (SSSR count). The van der Waals surface area contributed by atoms with E-state index >= 15 is 0 Å². The number of halogens is 1. The van der Waals surface area contributed by atoms with Crippen molar-refractivity contribution >= 4 is 23.4 Å². The highest BCUT2D eigenvalue weighted by atomic mass is 19.1. The van der Waals surface area contributed by atoms with Gasteiger partial charge in [0, 0.05) is 37.7 Å². The lowest BCUT2D eigenvalue weighted by atomic mass is 10.1. The smallest absolute Gasteiger partial charge is 0.258 e. The molecule has 0 heterocycles. The fraction of sp³-hybridized carbons (Fsp3) is 0.211. The van der Waals surface area contributed by atoms with Gasteiger partial charge in [0.05, 0.1) is 0 Å². The number of hydrogen-bond donors (Lipinski definition) is 2. The van der Waals surface area contributed by atoms with Gasteiger partial charge in [-0.3, -0.25) is 14.4 Å². The summed E-state index contributed by atoms with van der Waals surface area (Å²) in [6, 6.07) is 12.2. The minimum absolute atomic E-state index is 0.0102. The van der Waals surface area contributed by atoms with Gasteiger partial charge in [-0.25, -0.2) is 4.39 Å². The standard InChI is InChI=1S/C19H20FN3O3/c1-13(24)22-12-14-2-4-15(5-3-14)19(26)23(11-10-18(21)25)17-8-6-16(20)7-9-17/h2-9H,10-12H2,1H3,(H2,21,25)(H,22,24). The molecule has 0 atom stereocenters. The topological polar surface area (TPSA) is 92.5 Å². The second-order valence-corrected chi connectivity index (χ2v) is 5.76. The zero-order valence-corrected chi connectivity index (χ0v) is 14.4. The molecule has 0 aliphatic carbocycles. The third-order valence-corrected chi connectivity index (χ3v) is 3.71. The molecule has 0 aliphatic heterocycles. The molecule has 2 aromatic rings. The molecule has 6 nitrogen and oxygen atoms in total. The highest BCUT2D eigenvalue weighted by Gasteiger charge is 2.18. The molecule has 2 aromatic carbocycles. The molecule has 7 heteroatoms. The highest BCUT2D eigenvalue weighted by molar-refractivity contribution is 6.06. The van der Waals surface area contributed by atoms with Gasteiger partial charge in [-0.05, 0) is 42.0 Å². The summed E-state index contributed by atoms with van der Waals surface area (Å²) >= 11 is 0. The average molecular weight is 357 g/mol. The van der Waals surface area contributed by atoms with E-state index in [1.54, 1.807) is 24.3 Å². The van der Waals surface area contributed by atoms with Crippen molar-refractivity contribution in [2.24, 2.45) is 5.73 Å². The van der Waals surface area contributed by atoms with Crippen LogP contribution >= 0.6 is 0 Å². The summed E-state index contributed by atoms with van der Waals surface area (Å²) in [4.78, 5) is 36.3. The summed E-state index contributed by atoms with van der Waals surface area (Å²) in [6.07, 6.45) is -0.0102. The van der Waals surface area contributed by atoms with Crippen molar-refractivity contribution in [3.8, 4) is 0 Å². The molecule has 0 spiro atoms. The Morgan fingerprint density at radius 2 is 1.65 bits per heavy atom. The Kier molecular flexibility index (Phi) is 6.43. The maximum atomic E-state index is 13.2. The summed E-state index contributed by atoms with van der Waals surface area (Å²) in [5.41, 5.74) is 6.92. The molecule has 0 saturated heterocycles. The lowest BCUT2D eigenvalue weighted by Crippen LogP contribution is -2.34. The Balaban J connectivity index is 2.20. The van der Waals surface area contributed by atoms with Crippen LogP contribution in [0.4, 0.5) is 10.1 Å². The van der Waals surface area contributed by atoms with Gasteiger partial charge in [-0.15, -0.1) is 0 Å². The number of nitrogens with two attached hydrogens (primary N) is 1. The molecule has 0 bridgehead atoms. The van der Waals surface area contributed by atoms with E-state index in [0.717, 1.165) is 5.56 Å². The van der Waals surface area contributed by atoms with E-state index < -0.39 is 11.7 Å². The number of hydrogen-bond acceptors (Lipinski definition) is 3. The summed E-state index contributed by atoms with van der Waals surface area (Å²) in [5.74, 6) is -1.42. The van der Waals surface area contributed by atoms with Crippen LogP contribution in [-0.4, -0.2) is 24.3 Å². The highest BCUT2D eigenvalue weighted by Crippen LogP contribution is 2.19. The van der Waals surface area contributed by atoms with Crippen molar-refractivity contribution in [1.29, 1.82) is 0 Å². The fourth-order valence-electron chi connectivity index (χ4n) is 2.34. The van der Waals surface area contributed by atoms with Gasteiger partial charge in [-0.1, -0.05) is 12.1 Å². The molecule has 0 radical (unpaired) electrons. The van der Waals surface area contributed by atoms with Crippen LogP contribution in [0.2, 0.25) is 0 Å². The van der Waals surface area contributed by atoms with E-state index in [1.165, 1.54) is 36.1 Å². The first-order valence-electron chi connectivity index (χ1n) is 8.06. The number of carbonyl (C=O) groups excluding carboxylic acids is 3. The minimum atomic E-state index is -0.532. The molecule has 26 heavy (non-hydrogen) atoms. The number of rotatable bonds is 7. The van der Waals surface area contributed by atoms with Crippen LogP contribution < -0.4 is 16.0 Å². The summed E-state index contributed by atoms with van der Waals surface area (Å²) in [6.45, 7) is 1.89. The molecule has 0 unspecified atom stereocenters. The van der Waals surface area contributed by atoms with Gasteiger partial charge in [0.2, 0.25) is 11.8 Å². The van der Waals surface area contributed by atoms with Crippen molar-refractivity contribution < 1.29 is 18.8 Å². The van der Waals surface area contributed by atoms with Crippen molar-refractivity contribution in [1.82, 2.24) is 5.32 Å². The molecular formula is C19H20FN3O3.